The van der Waals surface area contributed by atoms with Gasteiger partial charge in [-0.3, -0.25) is 10.1 Å². The van der Waals surface area contributed by atoms with Gasteiger partial charge in [0.2, 0.25) is 0 Å². The van der Waals surface area contributed by atoms with Crippen molar-refractivity contribution >= 4 is 11.5 Å². The second kappa shape index (κ2) is 3.37. The summed E-state index contributed by atoms with van der Waals surface area (Å²) in [6.45, 7) is 0. The van der Waals surface area contributed by atoms with Gasteiger partial charge in [0.15, 0.2) is 5.82 Å². The Labute approximate surface area is 84.3 Å². The van der Waals surface area contributed by atoms with Crippen molar-refractivity contribution in [1.29, 1.82) is 0 Å². The molecule has 0 fully saturated rings. The van der Waals surface area contributed by atoms with E-state index in [1.807, 2.05) is 0 Å². The summed E-state index contributed by atoms with van der Waals surface area (Å²) in [5, 5.41) is 17.7. The first-order valence-electron chi connectivity index (χ1n) is 4.09. The van der Waals surface area contributed by atoms with Crippen LogP contribution in [0.3, 0.4) is 0 Å². The fraction of sp³-hybridized carbons (Fsp3) is 0. The van der Waals surface area contributed by atoms with E-state index >= 15 is 0 Å². The molecule has 0 aliphatic heterocycles. The van der Waals surface area contributed by atoms with Gasteiger partial charge in [-0.15, -0.1) is 5.10 Å². The molecule has 0 unspecified atom stereocenters. The highest BCUT2D eigenvalue weighted by atomic mass is 16.6. The van der Waals surface area contributed by atoms with E-state index in [0.717, 1.165) is 0 Å². The third kappa shape index (κ3) is 1.75. The third-order valence-electron chi connectivity index (χ3n) is 1.84. The Kier molecular flexibility index (Phi) is 2.05. The Morgan fingerprint density at radius 1 is 1.33 bits per heavy atom. The van der Waals surface area contributed by atoms with Crippen molar-refractivity contribution in [2.24, 2.45) is 0 Å². The molecule has 1 aromatic carbocycles. The number of nitro groups is 1. The molecule has 1 heterocycles. The molecule has 0 spiro atoms. The molecule has 2 aromatic rings. The molecule has 7 heteroatoms. The summed E-state index contributed by atoms with van der Waals surface area (Å²) in [5.74, 6) is 0.299. The number of nitro benzene ring substituents is 1. The van der Waals surface area contributed by atoms with Crippen LogP contribution < -0.4 is 5.73 Å². The standard InChI is InChI=1S/C8H7N5O2/c9-8-5-12(11-10-8)6-1-3-7(4-2-6)13(14)15/h1-5H,9H2. The number of hydrogen-bond acceptors (Lipinski definition) is 5. The summed E-state index contributed by atoms with van der Waals surface area (Å²) in [7, 11) is 0. The molecule has 0 atom stereocenters. The van der Waals surface area contributed by atoms with Gasteiger partial charge >= 0.3 is 0 Å². The first-order valence-corrected chi connectivity index (χ1v) is 4.09. The first kappa shape index (κ1) is 9.13. The molecule has 15 heavy (non-hydrogen) atoms. The van der Waals surface area contributed by atoms with Crippen LogP contribution in [0.2, 0.25) is 0 Å². The highest BCUT2D eigenvalue weighted by molar-refractivity contribution is 5.41. The quantitative estimate of drug-likeness (QED) is 0.576. The topological polar surface area (TPSA) is 99.9 Å². The van der Waals surface area contributed by atoms with E-state index < -0.39 is 4.92 Å². The average Bonchev–Trinajstić information content (AvgIpc) is 2.65. The van der Waals surface area contributed by atoms with Crippen molar-refractivity contribution in [3.05, 3.63) is 40.6 Å². The van der Waals surface area contributed by atoms with Crippen LogP contribution in [0, 0.1) is 10.1 Å². The van der Waals surface area contributed by atoms with Crippen LogP contribution in [0.1, 0.15) is 0 Å². The van der Waals surface area contributed by atoms with Crippen molar-refractivity contribution in [2.45, 2.75) is 0 Å². The van der Waals surface area contributed by atoms with Crippen LogP contribution in [0.4, 0.5) is 11.5 Å². The Balaban J connectivity index is 2.35. The van der Waals surface area contributed by atoms with Crippen LogP contribution >= 0.6 is 0 Å². The summed E-state index contributed by atoms with van der Waals surface area (Å²) >= 11 is 0. The average molecular weight is 205 g/mol. The summed E-state index contributed by atoms with van der Waals surface area (Å²) in [4.78, 5) is 9.94. The maximum atomic E-state index is 10.4. The molecule has 0 saturated carbocycles. The maximum Gasteiger partial charge on any atom is 0.269 e. The Morgan fingerprint density at radius 2 is 2.00 bits per heavy atom. The van der Waals surface area contributed by atoms with Crippen LogP contribution in [0.15, 0.2) is 30.5 Å². The van der Waals surface area contributed by atoms with E-state index in [0.29, 0.717) is 11.5 Å². The SMILES string of the molecule is Nc1cn(-c2ccc([N+](=O)[O-])cc2)nn1. The summed E-state index contributed by atoms with van der Waals surface area (Å²) < 4.78 is 1.44. The lowest BCUT2D eigenvalue weighted by atomic mass is 10.3. The van der Waals surface area contributed by atoms with E-state index in [9.17, 15) is 10.1 Å². The van der Waals surface area contributed by atoms with Gasteiger partial charge in [0, 0.05) is 12.1 Å². The fourth-order valence-electron chi connectivity index (χ4n) is 1.13. The molecule has 76 valence electrons. The first-order chi connectivity index (χ1) is 7.16. The van der Waals surface area contributed by atoms with Crippen LogP contribution in [-0.2, 0) is 0 Å². The molecular formula is C8H7N5O2. The van der Waals surface area contributed by atoms with Gasteiger partial charge in [0.1, 0.15) is 0 Å². The number of nitrogen functional groups attached to an aromatic ring is 1. The molecule has 0 aliphatic rings. The van der Waals surface area contributed by atoms with Crippen LogP contribution in [0.25, 0.3) is 5.69 Å². The van der Waals surface area contributed by atoms with Crippen molar-refractivity contribution in [1.82, 2.24) is 15.0 Å². The van der Waals surface area contributed by atoms with E-state index in [4.69, 9.17) is 5.73 Å². The zero-order valence-corrected chi connectivity index (χ0v) is 7.57. The minimum absolute atomic E-state index is 0.0341. The van der Waals surface area contributed by atoms with Crippen LogP contribution in [0.5, 0.6) is 0 Å². The highest BCUT2D eigenvalue weighted by Crippen LogP contribution is 2.14. The van der Waals surface area contributed by atoms with Gasteiger partial charge in [-0.1, -0.05) is 5.21 Å². The Bertz CT molecular complexity index is 490. The van der Waals surface area contributed by atoms with Gasteiger partial charge in [0.25, 0.3) is 5.69 Å². The molecule has 1 aromatic heterocycles. The lowest BCUT2D eigenvalue weighted by molar-refractivity contribution is -0.384. The van der Waals surface area contributed by atoms with Crippen molar-refractivity contribution < 1.29 is 4.92 Å². The zero-order chi connectivity index (χ0) is 10.8. The van der Waals surface area contributed by atoms with Crippen molar-refractivity contribution in [3.8, 4) is 5.69 Å². The molecule has 0 amide bonds. The molecular weight excluding hydrogens is 198 g/mol. The number of nitrogens with zero attached hydrogens (tertiary/aromatic N) is 4. The van der Waals surface area contributed by atoms with Gasteiger partial charge in [-0.2, -0.15) is 0 Å². The number of benzene rings is 1. The lowest BCUT2D eigenvalue weighted by Crippen LogP contribution is -1.95. The van der Waals surface area contributed by atoms with Crippen molar-refractivity contribution in [2.75, 3.05) is 5.73 Å². The monoisotopic (exact) mass is 205 g/mol. The number of anilines is 1. The Hall–Kier alpha value is -2.44. The second-order valence-corrected chi connectivity index (χ2v) is 2.86. The molecule has 0 radical (unpaired) electrons. The number of rotatable bonds is 2. The largest absolute Gasteiger partial charge is 0.381 e. The predicted molar refractivity (Wildman–Crippen MR) is 52.4 cm³/mol. The minimum Gasteiger partial charge on any atom is -0.381 e. The van der Waals surface area contributed by atoms with Gasteiger partial charge in [-0.25, -0.2) is 4.68 Å². The van der Waals surface area contributed by atoms with Crippen LogP contribution in [-0.4, -0.2) is 19.9 Å². The van der Waals surface area contributed by atoms with Gasteiger partial charge in [0.05, 0.1) is 16.8 Å². The highest BCUT2D eigenvalue weighted by Gasteiger charge is 2.05. The predicted octanol–water partition coefficient (Wildman–Crippen LogP) is 0.758. The van der Waals surface area contributed by atoms with E-state index in [1.165, 1.54) is 23.0 Å². The van der Waals surface area contributed by atoms with Crippen molar-refractivity contribution in [3.63, 3.8) is 0 Å². The smallest absolute Gasteiger partial charge is 0.269 e. The fourth-order valence-corrected chi connectivity index (χ4v) is 1.13. The number of hydrogen-bond donors (Lipinski definition) is 1. The molecule has 0 aliphatic carbocycles. The summed E-state index contributed by atoms with van der Waals surface area (Å²) in [5.41, 5.74) is 6.10. The van der Waals surface area contributed by atoms with Gasteiger partial charge < -0.3 is 5.73 Å². The van der Waals surface area contributed by atoms with Gasteiger partial charge in [-0.05, 0) is 12.1 Å². The molecule has 2 N–H and O–H groups in total. The summed E-state index contributed by atoms with van der Waals surface area (Å²) in [6, 6.07) is 5.94. The molecule has 0 saturated heterocycles. The molecule has 2 rings (SSSR count). The second-order valence-electron chi connectivity index (χ2n) is 2.86. The van der Waals surface area contributed by atoms with E-state index in [2.05, 4.69) is 10.3 Å². The lowest BCUT2D eigenvalue weighted by Gasteiger charge is -1.98. The zero-order valence-electron chi connectivity index (χ0n) is 7.57. The normalized spacial score (nSPS) is 10.1. The van der Waals surface area contributed by atoms with E-state index in [-0.39, 0.29) is 5.69 Å². The maximum absolute atomic E-state index is 10.4. The summed E-state index contributed by atoms with van der Waals surface area (Å²) in [6.07, 6.45) is 1.53. The molecule has 7 nitrogen and oxygen atoms in total. The number of aromatic nitrogens is 3. The van der Waals surface area contributed by atoms with E-state index in [1.54, 1.807) is 12.1 Å². The Morgan fingerprint density at radius 3 is 2.47 bits per heavy atom. The number of nitrogens with two attached hydrogens (primary N) is 1. The molecule has 0 bridgehead atoms. The minimum atomic E-state index is -0.459. The third-order valence-corrected chi connectivity index (χ3v) is 1.84. The number of non-ortho nitro benzene ring substituents is 1.